The second-order valence-electron chi connectivity index (χ2n) is 4.26. The molecule has 1 unspecified atom stereocenters. The molecule has 2 atom stereocenters. The molecule has 124 valence electrons. The predicted molar refractivity (Wildman–Crippen MR) is 79.0 cm³/mol. The van der Waals surface area contributed by atoms with Crippen LogP contribution in [0.1, 0.15) is 12.8 Å². The Morgan fingerprint density at radius 2 is 1.95 bits per heavy atom. The molecule has 0 fully saturated rings. The summed E-state index contributed by atoms with van der Waals surface area (Å²) in [7, 11) is 0. The van der Waals surface area contributed by atoms with Crippen molar-refractivity contribution in [3.05, 3.63) is 4.91 Å². The third-order valence-electron chi connectivity index (χ3n) is 2.50. The van der Waals surface area contributed by atoms with Gasteiger partial charge in [-0.05, 0) is 12.7 Å². The van der Waals surface area contributed by atoms with Gasteiger partial charge in [0.05, 0.1) is 0 Å². The van der Waals surface area contributed by atoms with Crippen LogP contribution in [0.25, 0.3) is 0 Å². The fraction of sp³-hybridized carbons (Fsp3) is 0.636. The van der Waals surface area contributed by atoms with Crippen LogP contribution in [0, 0.1) is 4.91 Å². The highest BCUT2D eigenvalue weighted by Gasteiger charge is 2.21. The number of carbonyl (C=O) groups excluding carboxylic acids is 3. The zero-order chi connectivity index (χ0) is 17.1. The van der Waals surface area contributed by atoms with Crippen molar-refractivity contribution in [2.75, 3.05) is 18.6 Å². The van der Waals surface area contributed by atoms with Crippen LogP contribution in [0.3, 0.4) is 0 Å². The summed E-state index contributed by atoms with van der Waals surface area (Å²) < 4.78 is 0. The molecule has 0 bridgehead atoms. The Labute approximate surface area is 130 Å². The van der Waals surface area contributed by atoms with Crippen LogP contribution in [-0.2, 0) is 19.2 Å². The summed E-state index contributed by atoms with van der Waals surface area (Å²) in [4.78, 5) is 54.6. The molecule has 0 saturated heterocycles. The lowest BCUT2D eigenvalue weighted by molar-refractivity contribution is -0.138. The molecule has 0 aliphatic carbocycles. The summed E-state index contributed by atoms with van der Waals surface area (Å²) in [6.45, 7) is -0.549. The number of thioether (sulfide) groups is 1. The SMILES string of the molecule is CSCC(NC(=O)CC[C@H](N)C(=O)O)C(=O)NCC(=O)N=O. The van der Waals surface area contributed by atoms with E-state index in [9.17, 15) is 24.1 Å². The molecule has 10 nitrogen and oxygen atoms in total. The van der Waals surface area contributed by atoms with Gasteiger partial charge in [0.25, 0.3) is 0 Å². The number of hydrogen-bond donors (Lipinski definition) is 4. The lowest BCUT2D eigenvalue weighted by atomic mass is 10.1. The van der Waals surface area contributed by atoms with E-state index < -0.39 is 42.3 Å². The summed E-state index contributed by atoms with van der Waals surface area (Å²) >= 11 is 1.28. The largest absolute Gasteiger partial charge is 0.480 e. The van der Waals surface area contributed by atoms with Crippen LogP contribution in [0.15, 0.2) is 5.18 Å². The smallest absolute Gasteiger partial charge is 0.320 e. The third-order valence-corrected chi connectivity index (χ3v) is 3.17. The van der Waals surface area contributed by atoms with Crippen LogP contribution in [0.4, 0.5) is 0 Å². The lowest BCUT2D eigenvalue weighted by Crippen LogP contribution is -2.49. The molecule has 0 aliphatic heterocycles. The lowest BCUT2D eigenvalue weighted by Gasteiger charge is -2.17. The van der Waals surface area contributed by atoms with Crippen LogP contribution in [0.5, 0.6) is 0 Å². The van der Waals surface area contributed by atoms with Crippen molar-refractivity contribution in [3.63, 3.8) is 0 Å². The highest BCUT2D eigenvalue weighted by Crippen LogP contribution is 2.01. The summed E-state index contributed by atoms with van der Waals surface area (Å²) in [5, 5.41) is 15.3. The topological polar surface area (TPSA) is 168 Å². The Morgan fingerprint density at radius 3 is 2.45 bits per heavy atom. The average Bonchev–Trinajstić information content (AvgIpc) is 2.49. The molecule has 0 aromatic carbocycles. The van der Waals surface area contributed by atoms with Gasteiger partial charge in [-0.3, -0.25) is 19.2 Å². The van der Waals surface area contributed by atoms with E-state index in [1.54, 1.807) is 6.26 Å². The number of carboxylic acid groups (broad SMARTS) is 1. The molecule has 0 aromatic heterocycles. The molecule has 22 heavy (non-hydrogen) atoms. The molecule has 0 heterocycles. The fourth-order valence-electron chi connectivity index (χ4n) is 1.34. The van der Waals surface area contributed by atoms with Crippen molar-refractivity contribution in [1.82, 2.24) is 10.6 Å². The Hall–Kier alpha value is -2.01. The number of aliphatic carboxylic acids is 1. The minimum absolute atomic E-state index is 0.0671. The van der Waals surface area contributed by atoms with Gasteiger partial charge in [0.15, 0.2) is 0 Å². The second-order valence-corrected chi connectivity index (χ2v) is 5.17. The first-order valence-corrected chi connectivity index (χ1v) is 7.61. The van der Waals surface area contributed by atoms with Gasteiger partial charge in [0.2, 0.25) is 11.8 Å². The van der Waals surface area contributed by atoms with Crippen molar-refractivity contribution in [2.24, 2.45) is 10.9 Å². The molecular formula is C11H18N4O6S. The molecule has 0 spiro atoms. The molecule has 11 heteroatoms. The molecule has 0 saturated carbocycles. The number of carbonyl (C=O) groups is 4. The molecular weight excluding hydrogens is 316 g/mol. The average molecular weight is 334 g/mol. The molecule has 5 N–H and O–H groups in total. The maximum atomic E-state index is 11.8. The van der Waals surface area contributed by atoms with Crippen LogP contribution in [0.2, 0.25) is 0 Å². The van der Waals surface area contributed by atoms with E-state index in [0.717, 1.165) is 0 Å². The normalized spacial score (nSPS) is 12.8. The first-order chi connectivity index (χ1) is 10.3. The third kappa shape index (κ3) is 8.32. The van der Waals surface area contributed by atoms with Gasteiger partial charge in [-0.25, -0.2) is 0 Å². The van der Waals surface area contributed by atoms with E-state index in [0.29, 0.717) is 0 Å². The van der Waals surface area contributed by atoms with Gasteiger partial charge in [-0.15, -0.1) is 4.91 Å². The predicted octanol–water partition coefficient (Wildman–Crippen LogP) is -1.56. The van der Waals surface area contributed by atoms with Gasteiger partial charge < -0.3 is 21.5 Å². The first-order valence-electron chi connectivity index (χ1n) is 6.22. The fourth-order valence-corrected chi connectivity index (χ4v) is 1.91. The van der Waals surface area contributed by atoms with Crippen LogP contribution < -0.4 is 16.4 Å². The number of rotatable bonds is 10. The van der Waals surface area contributed by atoms with Crippen molar-refractivity contribution in [1.29, 1.82) is 0 Å². The second kappa shape index (κ2) is 10.7. The van der Waals surface area contributed by atoms with Crippen molar-refractivity contribution < 1.29 is 24.3 Å². The van der Waals surface area contributed by atoms with Gasteiger partial charge in [0, 0.05) is 17.4 Å². The minimum atomic E-state index is -1.22. The summed E-state index contributed by atoms with van der Waals surface area (Å²) in [5.41, 5.74) is 5.27. The number of nitrogens with two attached hydrogens (primary N) is 1. The van der Waals surface area contributed by atoms with Gasteiger partial charge in [-0.1, -0.05) is 0 Å². The van der Waals surface area contributed by atoms with E-state index in [4.69, 9.17) is 10.8 Å². The Balaban J connectivity index is 4.40. The Bertz CT molecular complexity index is 444. The molecule has 3 amide bonds. The van der Waals surface area contributed by atoms with E-state index in [1.165, 1.54) is 11.8 Å². The molecule has 0 aromatic rings. The first kappa shape index (κ1) is 20.0. The number of nitrogens with zero attached hydrogens (tertiary/aromatic N) is 1. The number of carboxylic acids is 1. The summed E-state index contributed by atoms with van der Waals surface area (Å²) in [5.74, 6) is -3.18. The standard InChI is InChI=1S/C11H18N4O6S/c1-22-5-7(10(18)13-4-9(17)15-21)14-8(16)3-2-6(12)11(19)20/h6-7H,2-5,12H2,1H3,(H,13,18)(H,14,16)(H,19,20)/t6-,7?/m0/s1. The van der Waals surface area contributed by atoms with Crippen molar-refractivity contribution >= 4 is 35.5 Å². The Morgan fingerprint density at radius 1 is 1.32 bits per heavy atom. The molecule has 0 rings (SSSR count). The van der Waals surface area contributed by atoms with E-state index in [1.807, 2.05) is 0 Å². The van der Waals surface area contributed by atoms with E-state index >= 15 is 0 Å². The zero-order valence-corrected chi connectivity index (χ0v) is 12.7. The van der Waals surface area contributed by atoms with E-state index in [-0.39, 0.29) is 18.6 Å². The van der Waals surface area contributed by atoms with Crippen LogP contribution in [-0.4, -0.2) is 59.4 Å². The van der Waals surface area contributed by atoms with Crippen molar-refractivity contribution in [3.8, 4) is 0 Å². The summed E-state index contributed by atoms with van der Waals surface area (Å²) in [6.07, 6.45) is 1.49. The quantitative estimate of drug-likeness (QED) is 0.348. The maximum Gasteiger partial charge on any atom is 0.320 e. The van der Waals surface area contributed by atoms with Crippen LogP contribution >= 0.6 is 11.8 Å². The number of amides is 3. The zero-order valence-electron chi connectivity index (χ0n) is 11.9. The van der Waals surface area contributed by atoms with Gasteiger partial charge >= 0.3 is 11.9 Å². The minimum Gasteiger partial charge on any atom is -0.480 e. The van der Waals surface area contributed by atoms with Crippen molar-refractivity contribution in [2.45, 2.75) is 24.9 Å². The number of hydrogen-bond acceptors (Lipinski definition) is 7. The highest BCUT2D eigenvalue weighted by atomic mass is 32.2. The number of nitroso groups, excluding NO2 is 1. The maximum absolute atomic E-state index is 11.8. The van der Waals surface area contributed by atoms with E-state index in [2.05, 4.69) is 15.8 Å². The van der Waals surface area contributed by atoms with Gasteiger partial charge in [0.1, 0.15) is 18.6 Å². The summed E-state index contributed by atoms with van der Waals surface area (Å²) in [6, 6.07) is -2.07. The molecule has 0 aliphatic rings. The molecule has 0 radical (unpaired) electrons. The van der Waals surface area contributed by atoms with Gasteiger partial charge in [-0.2, -0.15) is 11.8 Å². The Kier molecular flexibility index (Phi) is 9.70. The monoisotopic (exact) mass is 334 g/mol. The highest BCUT2D eigenvalue weighted by molar-refractivity contribution is 7.98. The number of nitrogens with one attached hydrogen (secondary N) is 2.